The molecule has 1 aromatic heterocycles. The number of piperidine rings is 1. The second kappa shape index (κ2) is 6.12. The van der Waals surface area contributed by atoms with Crippen LogP contribution < -0.4 is 5.73 Å². The summed E-state index contributed by atoms with van der Waals surface area (Å²) in [5.41, 5.74) is 6.11. The summed E-state index contributed by atoms with van der Waals surface area (Å²) in [5.74, 6) is 1.36. The van der Waals surface area contributed by atoms with Gasteiger partial charge in [0.1, 0.15) is 0 Å². The van der Waals surface area contributed by atoms with Crippen LogP contribution in [0.25, 0.3) is 0 Å². The predicted octanol–water partition coefficient (Wildman–Crippen LogP) is 1.51. The molecule has 5 nitrogen and oxygen atoms in total. The first-order valence-electron chi connectivity index (χ1n) is 6.60. The molecule has 1 unspecified atom stereocenters. The minimum absolute atomic E-state index is 0.123. The summed E-state index contributed by atoms with van der Waals surface area (Å²) in [5, 5.41) is 3.96. The van der Waals surface area contributed by atoms with E-state index in [9.17, 15) is 0 Å². The fraction of sp³-hybridized carbons (Fsp3) is 0.833. The number of nitrogens with two attached hydrogens (primary N) is 1. The van der Waals surface area contributed by atoms with Crippen molar-refractivity contribution in [3.8, 4) is 0 Å². The van der Waals surface area contributed by atoms with E-state index in [-0.39, 0.29) is 6.04 Å². The summed E-state index contributed by atoms with van der Waals surface area (Å²) in [6, 6.07) is -0.123. The summed E-state index contributed by atoms with van der Waals surface area (Å²) in [6.07, 6.45) is 5.75. The fourth-order valence-electron chi connectivity index (χ4n) is 2.24. The standard InChI is InChI=1S/C12H22N4O/c1-2-6-11-14-12(15-17-11)10(13)9-16-7-4-3-5-8-16/h10H,2-9,13H2,1H3. The van der Waals surface area contributed by atoms with Crippen molar-refractivity contribution in [3.05, 3.63) is 11.7 Å². The van der Waals surface area contributed by atoms with Gasteiger partial charge in [0.05, 0.1) is 6.04 Å². The van der Waals surface area contributed by atoms with Crippen LogP contribution in [0.5, 0.6) is 0 Å². The monoisotopic (exact) mass is 238 g/mol. The van der Waals surface area contributed by atoms with E-state index in [1.165, 1.54) is 19.3 Å². The Morgan fingerprint density at radius 1 is 1.35 bits per heavy atom. The molecule has 0 aliphatic carbocycles. The molecule has 0 bridgehead atoms. The highest BCUT2D eigenvalue weighted by Crippen LogP contribution is 2.14. The third kappa shape index (κ3) is 3.51. The van der Waals surface area contributed by atoms with Gasteiger partial charge in [0.15, 0.2) is 5.82 Å². The highest BCUT2D eigenvalue weighted by Gasteiger charge is 2.18. The first kappa shape index (κ1) is 12.5. The van der Waals surface area contributed by atoms with Crippen LogP contribution in [0, 0.1) is 0 Å². The normalized spacial score (nSPS) is 19.4. The Morgan fingerprint density at radius 2 is 2.12 bits per heavy atom. The van der Waals surface area contributed by atoms with Crippen LogP contribution in [0.4, 0.5) is 0 Å². The van der Waals surface area contributed by atoms with Gasteiger partial charge in [0.2, 0.25) is 5.89 Å². The number of likely N-dealkylation sites (tertiary alicyclic amines) is 1. The zero-order valence-corrected chi connectivity index (χ0v) is 10.6. The van der Waals surface area contributed by atoms with E-state index >= 15 is 0 Å². The molecular formula is C12H22N4O. The van der Waals surface area contributed by atoms with Crippen molar-refractivity contribution in [1.82, 2.24) is 15.0 Å². The molecule has 1 saturated heterocycles. The molecule has 5 heteroatoms. The van der Waals surface area contributed by atoms with E-state index in [1.54, 1.807) is 0 Å². The Morgan fingerprint density at radius 3 is 2.82 bits per heavy atom. The fourth-order valence-corrected chi connectivity index (χ4v) is 2.24. The van der Waals surface area contributed by atoms with E-state index in [2.05, 4.69) is 22.0 Å². The summed E-state index contributed by atoms with van der Waals surface area (Å²) in [4.78, 5) is 6.73. The molecule has 1 fully saturated rings. The number of aryl methyl sites for hydroxylation is 1. The second-order valence-electron chi connectivity index (χ2n) is 4.76. The van der Waals surface area contributed by atoms with Crippen molar-refractivity contribution in [2.75, 3.05) is 19.6 Å². The molecule has 0 saturated carbocycles. The highest BCUT2D eigenvalue weighted by molar-refractivity contribution is 4.94. The Labute approximate surface area is 102 Å². The molecule has 1 atom stereocenters. The van der Waals surface area contributed by atoms with Crippen molar-refractivity contribution in [2.24, 2.45) is 5.73 Å². The third-order valence-corrected chi connectivity index (χ3v) is 3.18. The lowest BCUT2D eigenvalue weighted by molar-refractivity contribution is 0.213. The number of hydrogen-bond donors (Lipinski definition) is 1. The van der Waals surface area contributed by atoms with E-state index in [1.807, 2.05) is 0 Å². The maximum absolute atomic E-state index is 6.11. The van der Waals surface area contributed by atoms with Crippen LogP contribution in [0.3, 0.4) is 0 Å². The third-order valence-electron chi connectivity index (χ3n) is 3.18. The molecule has 0 amide bonds. The topological polar surface area (TPSA) is 68.2 Å². The summed E-state index contributed by atoms with van der Waals surface area (Å²) in [7, 11) is 0. The molecule has 0 spiro atoms. The molecule has 2 rings (SSSR count). The lowest BCUT2D eigenvalue weighted by atomic mass is 10.1. The first-order valence-corrected chi connectivity index (χ1v) is 6.60. The van der Waals surface area contributed by atoms with Crippen LogP contribution in [-0.4, -0.2) is 34.7 Å². The number of nitrogens with zero attached hydrogens (tertiary/aromatic N) is 3. The van der Waals surface area contributed by atoms with Gasteiger partial charge >= 0.3 is 0 Å². The van der Waals surface area contributed by atoms with Crippen molar-refractivity contribution in [3.63, 3.8) is 0 Å². The van der Waals surface area contributed by atoms with Gasteiger partial charge in [-0.2, -0.15) is 4.98 Å². The quantitative estimate of drug-likeness (QED) is 0.842. The summed E-state index contributed by atoms with van der Waals surface area (Å²) in [6.45, 7) is 5.23. The van der Waals surface area contributed by atoms with Crippen molar-refractivity contribution in [1.29, 1.82) is 0 Å². The molecule has 0 aromatic carbocycles. The van der Waals surface area contributed by atoms with Crippen LogP contribution in [0.1, 0.15) is 50.4 Å². The molecular weight excluding hydrogens is 216 g/mol. The van der Waals surface area contributed by atoms with E-state index in [4.69, 9.17) is 10.3 Å². The highest BCUT2D eigenvalue weighted by atomic mass is 16.5. The zero-order valence-electron chi connectivity index (χ0n) is 10.6. The number of rotatable bonds is 5. The van der Waals surface area contributed by atoms with E-state index < -0.39 is 0 Å². The van der Waals surface area contributed by atoms with Crippen molar-refractivity contribution in [2.45, 2.75) is 45.1 Å². The van der Waals surface area contributed by atoms with Crippen LogP contribution >= 0.6 is 0 Å². The van der Waals surface area contributed by atoms with Crippen LogP contribution in [0.15, 0.2) is 4.52 Å². The Kier molecular flexibility index (Phi) is 4.50. The maximum atomic E-state index is 6.11. The van der Waals surface area contributed by atoms with Gasteiger partial charge in [0, 0.05) is 13.0 Å². The molecule has 2 N–H and O–H groups in total. The molecule has 0 radical (unpaired) electrons. The van der Waals surface area contributed by atoms with Crippen molar-refractivity contribution >= 4 is 0 Å². The molecule has 96 valence electrons. The lowest BCUT2D eigenvalue weighted by Gasteiger charge is -2.27. The van der Waals surface area contributed by atoms with Gasteiger partial charge < -0.3 is 15.2 Å². The largest absolute Gasteiger partial charge is 0.339 e. The summed E-state index contributed by atoms with van der Waals surface area (Å²) < 4.78 is 5.16. The maximum Gasteiger partial charge on any atom is 0.226 e. The number of aromatic nitrogens is 2. The zero-order chi connectivity index (χ0) is 12.1. The van der Waals surface area contributed by atoms with Gasteiger partial charge in [-0.1, -0.05) is 18.5 Å². The Hall–Kier alpha value is -0.940. The van der Waals surface area contributed by atoms with Gasteiger partial charge in [0.25, 0.3) is 0 Å². The minimum atomic E-state index is -0.123. The van der Waals surface area contributed by atoms with Gasteiger partial charge in [-0.3, -0.25) is 0 Å². The molecule has 1 aliphatic heterocycles. The van der Waals surface area contributed by atoms with Crippen molar-refractivity contribution < 1.29 is 4.52 Å². The average Bonchev–Trinajstić information content (AvgIpc) is 2.79. The molecule has 1 aliphatic rings. The Balaban J connectivity index is 1.86. The predicted molar refractivity (Wildman–Crippen MR) is 65.5 cm³/mol. The van der Waals surface area contributed by atoms with Crippen LogP contribution in [-0.2, 0) is 6.42 Å². The smallest absolute Gasteiger partial charge is 0.226 e. The van der Waals surface area contributed by atoms with Gasteiger partial charge in [-0.25, -0.2) is 0 Å². The average molecular weight is 238 g/mol. The summed E-state index contributed by atoms with van der Waals surface area (Å²) >= 11 is 0. The minimum Gasteiger partial charge on any atom is -0.339 e. The van der Waals surface area contributed by atoms with Gasteiger partial charge in [-0.05, 0) is 32.4 Å². The van der Waals surface area contributed by atoms with E-state index in [0.29, 0.717) is 11.7 Å². The SMILES string of the molecule is CCCc1nc(C(N)CN2CCCCC2)no1. The lowest BCUT2D eigenvalue weighted by Crippen LogP contribution is -2.36. The van der Waals surface area contributed by atoms with Crippen LogP contribution in [0.2, 0.25) is 0 Å². The first-order chi connectivity index (χ1) is 8.29. The van der Waals surface area contributed by atoms with E-state index in [0.717, 1.165) is 32.5 Å². The molecule has 17 heavy (non-hydrogen) atoms. The number of hydrogen-bond acceptors (Lipinski definition) is 5. The second-order valence-corrected chi connectivity index (χ2v) is 4.76. The molecule has 1 aromatic rings. The Bertz CT molecular complexity index is 333. The van der Waals surface area contributed by atoms with Gasteiger partial charge in [-0.15, -0.1) is 0 Å². The molecule has 2 heterocycles.